The van der Waals surface area contributed by atoms with Crippen LogP contribution in [0.4, 0.5) is 0 Å². The number of alkyl halides is 1. The van der Waals surface area contributed by atoms with E-state index in [0.29, 0.717) is 17.4 Å². The van der Waals surface area contributed by atoms with E-state index in [1.54, 1.807) is 18.2 Å². The number of aromatic carboxylic acids is 1. The largest absolute Gasteiger partial charge is 0.489 e. The van der Waals surface area contributed by atoms with Gasteiger partial charge in [-0.15, -0.1) is 11.6 Å². The molecule has 23 heavy (non-hydrogen) atoms. The third-order valence-corrected chi connectivity index (χ3v) is 4.96. The Morgan fingerprint density at radius 3 is 2.83 bits per heavy atom. The molecule has 0 amide bonds. The zero-order chi connectivity index (χ0) is 16.2. The lowest BCUT2D eigenvalue weighted by atomic mass is 10.1. The van der Waals surface area contributed by atoms with Gasteiger partial charge in [0, 0.05) is 25.0 Å². The minimum atomic E-state index is -0.959. The summed E-state index contributed by atoms with van der Waals surface area (Å²) in [5.74, 6) is -0.0915. The van der Waals surface area contributed by atoms with Gasteiger partial charge in [0.25, 0.3) is 0 Å². The lowest BCUT2D eigenvalue weighted by Gasteiger charge is -2.35. The molecule has 0 aromatic heterocycles. The monoisotopic (exact) mass is 339 g/mol. The molecule has 2 fully saturated rings. The molecule has 0 bridgehead atoms. The van der Waals surface area contributed by atoms with Crippen LogP contribution >= 0.6 is 11.6 Å². The molecule has 2 atom stereocenters. The van der Waals surface area contributed by atoms with Crippen molar-refractivity contribution in [3.63, 3.8) is 0 Å². The minimum Gasteiger partial charge on any atom is -0.489 e. The normalized spacial score (nSPS) is 25.4. The van der Waals surface area contributed by atoms with Crippen molar-refractivity contribution in [2.75, 3.05) is 26.3 Å². The number of rotatable bonds is 5. The van der Waals surface area contributed by atoms with Gasteiger partial charge in [-0.25, -0.2) is 4.79 Å². The highest BCUT2D eigenvalue weighted by Crippen LogP contribution is 2.30. The Balaban J connectivity index is 1.71. The standard InChI is InChI=1S/C17H22ClNO4/c18-11-12-10-13(4-5-14(12)17(20)21)23-16-3-1-2-15(16)19-6-8-22-9-7-19/h4-5,10,15-16H,1-3,6-9,11H2,(H,20,21)/t15-,16-/m0/s1. The lowest BCUT2D eigenvalue weighted by molar-refractivity contribution is -0.00592. The van der Waals surface area contributed by atoms with Gasteiger partial charge in [-0.3, -0.25) is 4.90 Å². The Labute approximate surface area is 141 Å². The highest BCUT2D eigenvalue weighted by atomic mass is 35.5. The van der Waals surface area contributed by atoms with E-state index in [2.05, 4.69) is 4.90 Å². The Morgan fingerprint density at radius 1 is 1.35 bits per heavy atom. The summed E-state index contributed by atoms with van der Waals surface area (Å²) in [6.07, 6.45) is 3.47. The van der Waals surface area contributed by atoms with Crippen LogP contribution < -0.4 is 4.74 Å². The van der Waals surface area contributed by atoms with E-state index in [4.69, 9.17) is 26.2 Å². The molecular weight excluding hydrogens is 318 g/mol. The van der Waals surface area contributed by atoms with Gasteiger partial charge < -0.3 is 14.6 Å². The number of carboxylic acid groups (broad SMARTS) is 1. The molecule has 0 unspecified atom stereocenters. The summed E-state index contributed by atoms with van der Waals surface area (Å²) in [5, 5.41) is 9.17. The highest BCUT2D eigenvalue weighted by Gasteiger charge is 2.34. The van der Waals surface area contributed by atoms with Crippen LogP contribution in [0.2, 0.25) is 0 Å². The Kier molecular flexibility index (Phi) is 5.41. The molecule has 1 saturated heterocycles. The molecule has 3 rings (SSSR count). The number of halogens is 1. The molecule has 1 aromatic carbocycles. The molecule has 1 N–H and O–H groups in total. The fraction of sp³-hybridized carbons (Fsp3) is 0.588. The quantitative estimate of drug-likeness (QED) is 0.836. The fourth-order valence-corrected chi connectivity index (χ4v) is 3.73. The first kappa shape index (κ1) is 16.6. The molecule has 126 valence electrons. The van der Waals surface area contributed by atoms with Crippen LogP contribution in [0.5, 0.6) is 5.75 Å². The van der Waals surface area contributed by atoms with Gasteiger partial charge in [0.05, 0.1) is 18.8 Å². The third kappa shape index (κ3) is 3.79. The summed E-state index contributed by atoms with van der Waals surface area (Å²) in [7, 11) is 0. The second kappa shape index (κ2) is 7.51. The molecule has 0 radical (unpaired) electrons. The summed E-state index contributed by atoms with van der Waals surface area (Å²) < 4.78 is 11.6. The van der Waals surface area contributed by atoms with Crippen molar-refractivity contribution in [1.82, 2.24) is 4.90 Å². The van der Waals surface area contributed by atoms with Crippen LogP contribution in [0.1, 0.15) is 35.2 Å². The second-order valence-corrected chi connectivity index (χ2v) is 6.33. The number of nitrogens with zero attached hydrogens (tertiary/aromatic N) is 1. The minimum absolute atomic E-state index is 0.145. The first-order chi connectivity index (χ1) is 11.2. The summed E-state index contributed by atoms with van der Waals surface area (Å²) in [6.45, 7) is 3.48. The predicted molar refractivity (Wildman–Crippen MR) is 87.4 cm³/mol. The van der Waals surface area contributed by atoms with Gasteiger partial charge in [-0.1, -0.05) is 0 Å². The van der Waals surface area contributed by atoms with Crippen molar-refractivity contribution in [2.45, 2.75) is 37.3 Å². The SMILES string of the molecule is O=C(O)c1ccc(O[C@H]2CCC[C@@H]2N2CCOCC2)cc1CCl. The molecule has 1 aliphatic heterocycles. The van der Waals surface area contributed by atoms with E-state index < -0.39 is 5.97 Å². The van der Waals surface area contributed by atoms with Crippen LogP contribution in [-0.2, 0) is 10.6 Å². The highest BCUT2D eigenvalue weighted by molar-refractivity contribution is 6.17. The molecule has 5 nitrogen and oxygen atoms in total. The van der Waals surface area contributed by atoms with E-state index in [-0.39, 0.29) is 17.5 Å². The zero-order valence-electron chi connectivity index (χ0n) is 13.0. The Morgan fingerprint density at radius 2 is 2.13 bits per heavy atom. The maximum atomic E-state index is 11.2. The van der Waals surface area contributed by atoms with Crippen molar-refractivity contribution in [1.29, 1.82) is 0 Å². The molecule has 1 aliphatic carbocycles. The van der Waals surface area contributed by atoms with Gasteiger partial charge >= 0.3 is 5.97 Å². The molecule has 1 heterocycles. The Bertz CT molecular complexity index is 560. The van der Waals surface area contributed by atoms with Crippen LogP contribution in [0, 0.1) is 0 Å². The van der Waals surface area contributed by atoms with Crippen LogP contribution in [-0.4, -0.2) is 54.4 Å². The number of benzene rings is 1. The third-order valence-electron chi connectivity index (χ3n) is 4.67. The van der Waals surface area contributed by atoms with E-state index in [0.717, 1.165) is 45.6 Å². The topological polar surface area (TPSA) is 59.0 Å². The van der Waals surface area contributed by atoms with Gasteiger partial charge in [0.2, 0.25) is 0 Å². The average Bonchev–Trinajstić information content (AvgIpc) is 3.03. The van der Waals surface area contributed by atoms with Gasteiger partial charge in [0.1, 0.15) is 11.9 Å². The first-order valence-electron chi connectivity index (χ1n) is 8.09. The Hall–Kier alpha value is -1.30. The maximum absolute atomic E-state index is 11.2. The van der Waals surface area contributed by atoms with E-state index >= 15 is 0 Å². The van der Waals surface area contributed by atoms with Gasteiger partial charge in [-0.2, -0.15) is 0 Å². The summed E-state index contributed by atoms with van der Waals surface area (Å²) in [5.41, 5.74) is 0.834. The van der Waals surface area contributed by atoms with Crippen molar-refractivity contribution in [3.05, 3.63) is 29.3 Å². The molecule has 2 aliphatic rings. The number of ether oxygens (including phenoxy) is 2. The predicted octanol–water partition coefficient (Wildman–Crippen LogP) is 2.76. The van der Waals surface area contributed by atoms with E-state index in [9.17, 15) is 4.79 Å². The summed E-state index contributed by atoms with van der Waals surface area (Å²) in [6, 6.07) is 5.48. The van der Waals surface area contributed by atoms with Crippen molar-refractivity contribution in [2.24, 2.45) is 0 Å². The smallest absolute Gasteiger partial charge is 0.336 e. The number of morpholine rings is 1. The summed E-state index contributed by atoms with van der Waals surface area (Å²) in [4.78, 5) is 13.6. The maximum Gasteiger partial charge on any atom is 0.336 e. The van der Waals surface area contributed by atoms with Gasteiger partial charge in [0.15, 0.2) is 0 Å². The van der Waals surface area contributed by atoms with Crippen LogP contribution in [0.15, 0.2) is 18.2 Å². The summed E-state index contributed by atoms with van der Waals surface area (Å²) >= 11 is 5.87. The molecule has 1 aromatic rings. The molecule has 0 spiro atoms. The second-order valence-electron chi connectivity index (χ2n) is 6.06. The first-order valence-corrected chi connectivity index (χ1v) is 8.63. The molecule has 1 saturated carbocycles. The average molecular weight is 340 g/mol. The van der Waals surface area contributed by atoms with E-state index in [1.807, 2.05) is 0 Å². The van der Waals surface area contributed by atoms with Crippen molar-refractivity contribution < 1.29 is 19.4 Å². The van der Waals surface area contributed by atoms with E-state index in [1.165, 1.54) is 0 Å². The zero-order valence-corrected chi connectivity index (χ0v) is 13.8. The fourth-order valence-electron chi connectivity index (χ4n) is 3.51. The number of hydrogen-bond acceptors (Lipinski definition) is 4. The van der Waals surface area contributed by atoms with Crippen molar-refractivity contribution >= 4 is 17.6 Å². The lowest BCUT2D eigenvalue weighted by Crippen LogP contribution is -2.48. The van der Waals surface area contributed by atoms with Crippen molar-refractivity contribution in [3.8, 4) is 5.75 Å². The number of carbonyl (C=O) groups is 1. The molecule has 6 heteroatoms. The van der Waals surface area contributed by atoms with Crippen LogP contribution in [0.25, 0.3) is 0 Å². The van der Waals surface area contributed by atoms with Crippen LogP contribution in [0.3, 0.4) is 0 Å². The molecular formula is C17H22ClNO4. The van der Waals surface area contributed by atoms with Gasteiger partial charge in [-0.05, 0) is 43.0 Å². The number of carboxylic acids is 1. The number of hydrogen-bond donors (Lipinski definition) is 1.